The number of furan rings is 1. The molecule has 4 nitrogen and oxygen atoms in total. The van der Waals surface area contributed by atoms with Gasteiger partial charge in [0.05, 0.1) is 11.4 Å². The lowest BCUT2D eigenvalue weighted by Gasteiger charge is -2.46. The molecule has 2 aliphatic carbocycles. The van der Waals surface area contributed by atoms with Gasteiger partial charge in [-0.05, 0) is 198 Å². The molecule has 0 saturated heterocycles. The predicted molar refractivity (Wildman–Crippen MR) is 390 cm³/mol. The number of rotatable bonds is 6. The zero-order valence-corrected chi connectivity index (χ0v) is 57.1. The minimum absolute atomic E-state index is 0.00266. The lowest BCUT2D eigenvalue weighted by Crippen LogP contribution is -2.61. The van der Waals surface area contributed by atoms with Gasteiger partial charge in [-0.25, -0.2) is 0 Å². The van der Waals surface area contributed by atoms with Crippen molar-refractivity contribution in [3.63, 3.8) is 0 Å². The summed E-state index contributed by atoms with van der Waals surface area (Å²) in [6.45, 7) is 40.2. The highest BCUT2D eigenvalue weighted by molar-refractivity contribution is 7.26. The maximum Gasteiger partial charge on any atom is 0.376 e. The molecule has 4 aliphatic rings. The molecule has 6 heteroatoms. The molecule has 11 aromatic rings. The highest BCUT2D eigenvalue weighted by atomic mass is 32.1. The summed E-state index contributed by atoms with van der Waals surface area (Å²) in [6.07, 6.45) is 4.49. The van der Waals surface area contributed by atoms with Crippen LogP contribution in [-0.2, 0) is 37.9 Å². The van der Waals surface area contributed by atoms with Crippen LogP contribution in [0.4, 0.5) is 45.5 Å². The molecular formula is C84H88BN3OS. The second kappa shape index (κ2) is 19.9. The molecule has 0 N–H and O–H groups in total. The van der Waals surface area contributed by atoms with E-state index in [4.69, 9.17) is 4.42 Å². The molecular weight excluding hydrogens is 1110 g/mol. The van der Waals surface area contributed by atoms with Crippen LogP contribution in [0.3, 0.4) is 0 Å². The average molecular weight is 1200 g/mol. The fraction of sp³-hybridized carbons (Fsp3) is 0.333. The van der Waals surface area contributed by atoms with Crippen LogP contribution in [-0.4, -0.2) is 6.85 Å². The van der Waals surface area contributed by atoms with Crippen molar-refractivity contribution in [2.24, 2.45) is 0 Å². The first kappa shape index (κ1) is 58.6. The minimum Gasteiger partial charge on any atom is -0.466 e. The molecule has 2 aromatic heterocycles. The Labute approximate surface area is 540 Å². The van der Waals surface area contributed by atoms with Gasteiger partial charge in [0, 0.05) is 76.4 Å². The fourth-order valence-electron chi connectivity index (χ4n) is 15.9. The Balaban J connectivity index is 1.11. The molecule has 9 aromatic carbocycles. The maximum atomic E-state index is 8.07. The van der Waals surface area contributed by atoms with E-state index in [1.54, 1.807) is 0 Å². The number of anilines is 8. The second-order valence-corrected chi connectivity index (χ2v) is 33.8. The number of fused-ring (bicyclic) bond motifs is 12. The Morgan fingerprint density at radius 1 is 0.444 bits per heavy atom. The first-order chi connectivity index (χ1) is 42.5. The maximum absolute atomic E-state index is 8.07. The second-order valence-electron chi connectivity index (χ2n) is 32.7. The van der Waals surface area contributed by atoms with E-state index < -0.39 is 0 Å². The normalized spacial score (nSPS) is 17.1. The molecule has 4 heterocycles. The van der Waals surface area contributed by atoms with Crippen molar-refractivity contribution in [1.29, 1.82) is 0 Å². The largest absolute Gasteiger partial charge is 0.466 e. The van der Waals surface area contributed by atoms with Gasteiger partial charge in [0.25, 0.3) is 0 Å². The highest BCUT2D eigenvalue weighted by Gasteiger charge is 2.51. The fourth-order valence-corrected chi connectivity index (χ4v) is 17.1. The zero-order valence-electron chi connectivity index (χ0n) is 56.3. The Bertz CT molecular complexity index is 4670. The van der Waals surface area contributed by atoms with Crippen LogP contribution >= 0.6 is 11.3 Å². The highest BCUT2D eigenvalue weighted by Crippen LogP contribution is 2.58. The Morgan fingerprint density at radius 3 is 1.60 bits per heavy atom. The minimum atomic E-state index is -0.374. The zero-order chi connectivity index (χ0) is 63.1. The SMILES string of the molecule is CC(C)(C)c1ccc(N(c2ccc(C(C)(C)C)cc2)c2ccc3c(c2)N(c2ccc4c(c2)C(C)(C)CCC4(C)C)B2c4oc5cc6c(cc5c4N(c4ccc(C(C)(C)C)cc4-c4ccccc4)c4cc5c(sc7ccccc75)c-3c42)C(C)(C)CCC6(C)C)cc1. The summed E-state index contributed by atoms with van der Waals surface area (Å²) in [7, 11) is 0. The Hall–Kier alpha value is -7.80. The molecule has 0 amide bonds. The van der Waals surface area contributed by atoms with Gasteiger partial charge in [-0.1, -0.05) is 209 Å². The van der Waals surface area contributed by atoms with Crippen LogP contribution in [0.2, 0.25) is 0 Å². The van der Waals surface area contributed by atoms with Crippen molar-refractivity contribution >= 4 is 106 Å². The van der Waals surface area contributed by atoms with Crippen molar-refractivity contribution in [3.05, 3.63) is 215 Å². The van der Waals surface area contributed by atoms with Crippen molar-refractivity contribution in [3.8, 4) is 22.3 Å². The van der Waals surface area contributed by atoms with Crippen molar-refractivity contribution in [2.45, 2.75) is 181 Å². The van der Waals surface area contributed by atoms with Crippen molar-refractivity contribution in [2.75, 3.05) is 14.6 Å². The topological polar surface area (TPSA) is 22.9 Å². The number of thiophene rings is 1. The van der Waals surface area contributed by atoms with E-state index in [1.807, 2.05) is 11.3 Å². The van der Waals surface area contributed by atoms with Crippen LogP contribution in [0, 0.1) is 0 Å². The number of hydrogen-bond acceptors (Lipinski definition) is 5. The van der Waals surface area contributed by atoms with Gasteiger partial charge in [-0.2, -0.15) is 0 Å². The van der Waals surface area contributed by atoms with E-state index in [0.29, 0.717) is 0 Å². The molecule has 0 atom stereocenters. The number of nitrogens with zero attached hydrogens (tertiary/aromatic N) is 3. The summed E-state index contributed by atoms with van der Waals surface area (Å²) in [4.78, 5) is 7.90. The molecule has 0 fully saturated rings. The third kappa shape index (κ3) is 9.17. The van der Waals surface area contributed by atoms with Crippen LogP contribution < -0.4 is 25.7 Å². The van der Waals surface area contributed by atoms with Gasteiger partial charge in [-0.15, -0.1) is 11.3 Å². The van der Waals surface area contributed by atoms with Crippen LogP contribution in [0.1, 0.15) is 182 Å². The van der Waals surface area contributed by atoms with Gasteiger partial charge in [0.2, 0.25) is 0 Å². The van der Waals surface area contributed by atoms with Gasteiger partial charge >= 0.3 is 6.85 Å². The number of benzene rings is 9. The first-order valence-electron chi connectivity index (χ1n) is 33.2. The summed E-state index contributed by atoms with van der Waals surface area (Å²) in [5.41, 5.74) is 26.7. The van der Waals surface area contributed by atoms with E-state index in [2.05, 4.69) is 308 Å². The summed E-state index contributed by atoms with van der Waals surface area (Å²) in [6, 6.07) is 68.8. The molecule has 0 radical (unpaired) electrons. The lowest BCUT2D eigenvalue weighted by molar-refractivity contribution is 0.332. The number of hydrogen-bond donors (Lipinski definition) is 0. The van der Waals surface area contributed by atoms with E-state index >= 15 is 0 Å². The third-order valence-corrected chi connectivity index (χ3v) is 22.9. The molecule has 2 aliphatic heterocycles. The van der Waals surface area contributed by atoms with E-state index in [-0.39, 0.29) is 44.8 Å². The summed E-state index contributed by atoms with van der Waals surface area (Å²) in [5, 5.41) is 3.72. The molecule has 0 saturated carbocycles. The van der Waals surface area contributed by atoms with Crippen LogP contribution in [0.15, 0.2) is 180 Å². The molecule has 0 bridgehead atoms. The van der Waals surface area contributed by atoms with Gasteiger partial charge in [-0.3, -0.25) is 0 Å². The van der Waals surface area contributed by atoms with E-state index in [0.717, 1.165) is 76.4 Å². The van der Waals surface area contributed by atoms with Crippen LogP contribution in [0.5, 0.6) is 0 Å². The molecule has 15 rings (SSSR count). The first-order valence-corrected chi connectivity index (χ1v) is 34.0. The van der Waals surface area contributed by atoms with Gasteiger partial charge in [0.1, 0.15) is 11.2 Å². The molecule has 90 heavy (non-hydrogen) atoms. The summed E-state index contributed by atoms with van der Waals surface area (Å²) in [5.74, 6) is 0. The van der Waals surface area contributed by atoms with Crippen molar-refractivity contribution < 1.29 is 4.42 Å². The standard InChI is InChI=1S/C84H88BN3OS/c1-78(2,3)52-27-32-55(33-28-52)86(56-34-29-53(30-35-56)79(4,5)6)57-36-38-60-69(47-57)88(58-37-39-64-65(46-58)82(12,13)42-41-81(64,10)11)85-74-70(49-62-59-25-21-22-26-72(59)90-76(62)73(60)74)87(68-40-31-54(80(7,8)9)45-61(68)51-23-19-18-20-24-51)75-63-48-66-67(50-71(63)89-77(75)85)84(16,17)44-43-83(66,14)15/h18-40,45-50H,41-44H2,1-17H3. The van der Waals surface area contributed by atoms with Crippen LogP contribution in [0.25, 0.3) is 53.4 Å². The van der Waals surface area contributed by atoms with Gasteiger partial charge in [0.15, 0.2) is 0 Å². The molecule has 0 unspecified atom stereocenters. The third-order valence-electron chi connectivity index (χ3n) is 21.6. The smallest absolute Gasteiger partial charge is 0.376 e. The average Bonchev–Trinajstić information content (AvgIpc) is 1.34. The summed E-state index contributed by atoms with van der Waals surface area (Å²) >= 11 is 1.94. The predicted octanol–water partition coefficient (Wildman–Crippen LogP) is 23.2. The monoisotopic (exact) mass is 1200 g/mol. The Kier molecular flexibility index (Phi) is 12.9. The Morgan fingerprint density at radius 2 is 0.989 bits per heavy atom. The van der Waals surface area contributed by atoms with E-state index in [1.165, 1.54) is 98.2 Å². The summed E-state index contributed by atoms with van der Waals surface area (Å²) < 4.78 is 10.7. The van der Waals surface area contributed by atoms with Crippen molar-refractivity contribution in [1.82, 2.24) is 0 Å². The van der Waals surface area contributed by atoms with Gasteiger partial charge < -0.3 is 19.0 Å². The molecule has 454 valence electrons. The lowest BCUT2D eigenvalue weighted by atomic mass is 9.45. The van der Waals surface area contributed by atoms with E-state index in [9.17, 15) is 0 Å². The quantitative estimate of drug-likeness (QED) is 0.155. The molecule has 0 spiro atoms.